The molecule has 0 radical (unpaired) electrons. The van der Waals surface area contributed by atoms with Gasteiger partial charge in [0.1, 0.15) is 23.6 Å². The number of rotatable bonds is 13. The molecular weight excluding hydrogens is 470 g/mol. The lowest BCUT2D eigenvalue weighted by atomic mass is 10.1. The van der Waals surface area contributed by atoms with E-state index >= 15 is 0 Å². The van der Waals surface area contributed by atoms with Crippen LogP contribution < -0.4 is 14.4 Å². The quantitative estimate of drug-likeness (QED) is 0.209. The van der Waals surface area contributed by atoms with Crippen LogP contribution >= 0.6 is 0 Å². The predicted octanol–water partition coefficient (Wildman–Crippen LogP) is 5.99. The van der Waals surface area contributed by atoms with E-state index in [1.54, 1.807) is 43.0 Å². The third-order valence-electron chi connectivity index (χ3n) is 5.70. The molecule has 3 aromatic rings. The van der Waals surface area contributed by atoms with Crippen LogP contribution in [0.25, 0.3) is 0 Å². The maximum atomic E-state index is 13.4. The van der Waals surface area contributed by atoms with Crippen molar-refractivity contribution in [2.75, 3.05) is 4.90 Å². The van der Waals surface area contributed by atoms with Crippen molar-refractivity contribution in [2.24, 2.45) is 0 Å². The third kappa shape index (κ3) is 8.00. The number of para-hydroxylation sites is 3. The zero-order valence-electron chi connectivity index (χ0n) is 21.8. The lowest BCUT2D eigenvalue weighted by Crippen LogP contribution is -2.52. The molecule has 0 heterocycles. The number of carbonyl (C=O) groups excluding carboxylic acids is 2. The summed E-state index contributed by atoms with van der Waals surface area (Å²) in [5.41, 5.74) is 0.711. The number of hydrogen-bond acceptors (Lipinski definition) is 7. The lowest BCUT2D eigenvalue weighted by Gasteiger charge is -2.37. The van der Waals surface area contributed by atoms with E-state index in [9.17, 15) is 9.59 Å². The van der Waals surface area contributed by atoms with Crippen LogP contribution in [-0.2, 0) is 19.1 Å². The first-order valence-electron chi connectivity index (χ1n) is 12.6. The number of hydrogen-bond donors (Lipinski definition) is 0. The Labute approximate surface area is 218 Å². The minimum absolute atomic E-state index is 0.408. The van der Waals surface area contributed by atoms with E-state index in [1.165, 1.54) is 0 Å². The van der Waals surface area contributed by atoms with Crippen molar-refractivity contribution in [3.8, 4) is 11.5 Å². The van der Waals surface area contributed by atoms with Gasteiger partial charge in [0, 0.05) is 19.5 Å². The number of benzene rings is 3. The van der Waals surface area contributed by atoms with E-state index in [2.05, 4.69) is 0 Å². The largest absolute Gasteiger partial charge is 0.455 e. The second-order valence-corrected chi connectivity index (χ2v) is 8.46. The van der Waals surface area contributed by atoms with Gasteiger partial charge in [-0.3, -0.25) is 0 Å². The van der Waals surface area contributed by atoms with Crippen molar-refractivity contribution in [2.45, 2.75) is 65.2 Å². The fourth-order valence-corrected chi connectivity index (χ4v) is 4.04. The molecule has 37 heavy (non-hydrogen) atoms. The molecule has 7 heteroatoms. The molecular formula is C30H35NO6. The smallest absolute Gasteiger partial charge is 0.331 e. The predicted molar refractivity (Wildman–Crippen MR) is 142 cm³/mol. The molecule has 0 aliphatic heterocycles. The minimum Gasteiger partial charge on any atom is -0.455 e. The highest BCUT2D eigenvalue weighted by Crippen LogP contribution is 2.26. The second kappa shape index (κ2) is 13.9. The van der Waals surface area contributed by atoms with Gasteiger partial charge < -0.3 is 23.8 Å². The molecule has 0 saturated heterocycles. The van der Waals surface area contributed by atoms with Crippen molar-refractivity contribution in [3.05, 3.63) is 91.0 Å². The molecule has 0 aliphatic carbocycles. The van der Waals surface area contributed by atoms with Gasteiger partial charge in [-0.1, -0.05) is 68.4 Å². The first-order valence-corrected chi connectivity index (χ1v) is 12.6. The molecule has 3 rings (SSSR count). The van der Waals surface area contributed by atoms with Gasteiger partial charge in [0.15, 0.2) is 0 Å². The van der Waals surface area contributed by atoms with Crippen LogP contribution in [0.15, 0.2) is 91.0 Å². The zero-order chi connectivity index (χ0) is 26.6. The Kier molecular flexibility index (Phi) is 10.4. The Morgan fingerprint density at radius 3 is 1.32 bits per heavy atom. The summed E-state index contributed by atoms with van der Waals surface area (Å²) in [6.07, 6.45) is -0.808. The number of nitrogens with zero attached hydrogens (tertiary/aromatic N) is 1. The molecule has 0 spiro atoms. The molecule has 0 saturated carbocycles. The van der Waals surface area contributed by atoms with E-state index < -0.39 is 36.6 Å². The van der Waals surface area contributed by atoms with Gasteiger partial charge >= 0.3 is 11.9 Å². The summed E-state index contributed by atoms with van der Waals surface area (Å²) in [6, 6.07) is 26.1. The van der Waals surface area contributed by atoms with Crippen molar-refractivity contribution >= 4 is 17.6 Å². The Balaban J connectivity index is 1.78. The van der Waals surface area contributed by atoms with Crippen molar-refractivity contribution in [1.29, 1.82) is 0 Å². The third-order valence-corrected chi connectivity index (χ3v) is 5.70. The molecule has 0 fully saturated rings. The summed E-state index contributed by atoms with van der Waals surface area (Å²) in [5.74, 6) is 0.209. The molecule has 4 atom stereocenters. The van der Waals surface area contributed by atoms with E-state index in [0.29, 0.717) is 30.0 Å². The number of anilines is 1. The number of carbonyl (C=O) groups is 2. The lowest BCUT2D eigenvalue weighted by molar-refractivity contribution is -0.165. The topological polar surface area (TPSA) is 74.3 Å². The van der Waals surface area contributed by atoms with Gasteiger partial charge in [-0.15, -0.1) is 0 Å². The fourth-order valence-electron chi connectivity index (χ4n) is 4.04. The van der Waals surface area contributed by atoms with Crippen LogP contribution in [0.5, 0.6) is 11.5 Å². The normalized spacial score (nSPS) is 13.9. The standard InChI is InChI=1S/C30H35NO6/c1-5-27(29(32)36-22(3)34-25-18-12-8-13-19-25)31(24-16-10-7-11-17-24)28(6-2)30(33)37-23(4)35-26-20-14-9-15-21-26/h7-23,27-28H,5-6H2,1-4H3. The summed E-state index contributed by atoms with van der Waals surface area (Å²) in [6.45, 7) is 7.09. The van der Waals surface area contributed by atoms with Crippen LogP contribution in [0.2, 0.25) is 0 Å². The van der Waals surface area contributed by atoms with Crippen LogP contribution in [-0.4, -0.2) is 36.6 Å². The van der Waals surface area contributed by atoms with Gasteiger partial charge in [0.2, 0.25) is 12.6 Å². The molecule has 0 N–H and O–H groups in total. The SMILES string of the molecule is CCC(C(=O)OC(C)Oc1ccccc1)N(c1ccccc1)C(CC)C(=O)OC(C)Oc1ccccc1. The summed E-state index contributed by atoms with van der Waals surface area (Å²) in [7, 11) is 0. The average Bonchev–Trinajstić information content (AvgIpc) is 2.90. The second-order valence-electron chi connectivity index (χ2n) is 8.46. The molecule has 4 unspecified atom stereocenters. The van der Waals surface area contributed by atoms with Crippen molar-refractivity contribution in [1.82, 2.24) is 0 Å². The Morgan fingerprint density at radius 1 is 0.622 bits per heavy atom. The zero-order valence-corrected chi connectivity index (χ0v) is 21.8. The van der Waals surface area contributed by atoms with Crippen LogP contribution in [0.4, 0.5) is 5.69 Å². The Morgan fingerprint density at radius 2 is 0.973 bits per heavy atom. The van der Waals surface area contributed by atoms with Gasteiger partial charge in [-0.25, -0.2) is 9.59 Å². The summed E-state index contributed by atoms with van der Waals surface area (Å²) < 4.78 is 22.8. The summed E-state index contributed by atoms with van der Waals surface area (Å²) in [5, 5.41) is 0. The van der Waals surface area contributed by atoms with Gasteiger partial charge in [0.25, 0.3) is 0 Å². The molecule has 7 nitrogen and oxygen atoms in total. The van der Waals surface area contributed by atoms with Crippen molar-refractivity contribution < 1.29 is 28.5 Å². The number of ether oxygens (including phenoxy) is 4. The first-order chi connectivity index (χ1) is 17.9. The maximum Gasteiger partial charge on any atom is 0.331 e. The average molecular weight is 506 g/mol. The van der Waals surface area contributed by atoms with E-state index in [0.717, 1.165) is 0 Å². The Hall–Kier alpha value is -4.00. The van der Waals surface area contributed by atoms with E-state index in [4.69, 9.17) is 18.9 Å². The van der Waals surface area contributed by atoms with Crippen LogP contribution in [0.1, 0.15) is 40.5 Å². The molecule has 0 aromatic heterocycles. The molecule has 3 aromatic carbocycles. The molecule has 0 amide bonds. The van der Waals surface area contributed by atoms with Gasteiger partial charge in [-0.2, -0.15) is 0 Å². The van der Waals surface area contributed by atoms with Crippen LogP contribution in [0, 0.1) is 0 Å². The Bertz CT molecular complexity index is 1020. The fraction of sp³-hybridized carbons (Fsp3) is 0.333. The summed E-state index contributed by atoms with van der Waals surface area (Å²) in [4.78, 5) is 28.5. The molecule has 0 bridgehead atoms. The van der Waals surface area contributed by atoms with Crippen molar-refractivity contribution in [3.63, 3.8) is 0 Å². The molecule has 196 valence electrons. The van der Waals surface area contributed by atoms with E-state index in [1.807, 2.05) is 80.6 Å². The number of esters is 2. The highest BCUT2D eigenvalue weighted by molar-refractivity contribution is 5.86. The summed E-state index contributed by atoms with van der Waals surface area (Å²) >= 11 is 0. The first kappa shape index (κ1) is 27.6. The highest BCUT2D eigenvalue weighted by atomic mass is 16.7. The monoisotopic (exact) mass is 505 g/mol. The van der Waals surface area contributed by atoms with Gasteiger partial charge in [-0.05, 0) is 49.2 Å². The minimum atomic E-state index is -0.812. The van der Waals surface area contributed by atoms with Crippen LogP contribution in [0.3, 0.4) is 0 Å². The maximum absolute atomic E-state index is 13.4. The molecule has 0 aliphatic rings. The highest BCUT2D eigenvalue weighted by Gasteiger charge is 2.37. The van der Waals surface area contributed by atoms with E-state index in [-0.39, 0.29) is 0 Å². The van der Waals surface area contributed by atoms with Gasteiger partial charge in [0.05, 0.1) is 0 Å².